The molecule has 0 aliphatic carbocycles. The van der Waals surface area contributed by atoms with Gasteiger partial charge in [-0.2, -0.15) is 0 Å². The summed E-state index contributed by atoms with van der Waals surface area (Å²) in [4.78, 5) is 46.0. The van der Waals surface area contributed by atoms with Gasteiger partial charge in [-0.1, -0.05) is 12.1 Å². The Balaban J connectivity index is 1.46. The van der Waals surface area contributed by atoms with Gasteiger partial charge >= 0.3 is 5.97 Å². The molecular weight excluding hydrogens is 358 g/mol. The number of carbonyl (C=O) groups is 3. The van der Waals surface area contributed by atoms with Crippen molar-refractivity contribution in [3.8, 4) is 0 Å². The molecule has 0 saturated carbocycles. The molecule has 0 radical (unpaired) electrons. The fourth-order valence-corrected chi connectivity index (χ4v) is 3.09. The van der Waals surface area contributed by atoms with Crippen LogP contribution in [0.4, 0.5) is 5.69 Å². The number of hydrogen-bond acceptors (Lipinski definition) is 6. The summed E-state index contributed by atoms with van der Waals surface area (Å²) >= 11 is 0. The molecule has 1 aliphatic rings. The van der Waals surface area contributed by atoms with Crippen LogP contribution in [0.15, 0.2) is 48.5 Å². The van der Waals surface area contributed by atoms with Gasteiger partial charge in [0.1, 0.15) is 6.61 Å². The molecule has 0 atom stereocenters. The third kappa shape index (κ3) is 3.34. The lowest BCUT2D eigenvalue weighted by atomic mass is 10.2. The van der Waals surface area contributed by atoms with E-state index in [9.17, 15) is 14.4 Å². The topological polar surface area (TPSA) is 89.5 Å². The summed E-state index contributed by atoms with van der Waals surface area (Å²) in [6.45, 7) is 1.83. The fraction of sp³-hybridized carbons (Fsp3) is 0.190. The third-order valence-corrected chi connectivity index (χ3v) is 4.60. The zero-order valence-corrected chi connectivity index (χ0v) is 15.2. The SMILES string of the molecule is Cc1nc2ccccc2nc1COC(=O)c1ccc(N2C(=O)CCC2=O)cc1. The minimum atomic E-state index is -0.514. The average molecular weight is 375 g/mol. The smallest absolute Gasteiger partial charge is 0.338 e. The van der Waals surface area contributed by atoms with E-state index in [0.717, 1.165) is 15.9 Å². The molecule has 7 nitrogen and oxygen atoms in total. The van der Waals surface area contributed by atoms with Gasteiger partial charge in [-0.05, 0) is 43.3 Å². The number of imide groups is 1. The van der Waals surface area contributed by atoms with Gasteiger partial charge in [0, 0.05) is 12.8 Å². The second kappa shape index (κ2) is 7.19. The van der Waals surface area contributed by atoms with Crippen LogP contribution in [0.3, 0.4) is 0 Å². The van der Waals surface area contributed by atoms with Crippen LogP contribution in [-0.4, -0.2) is 27.8 Å². The molecule has 1 saturated heterocycles. The van der Waals surface area contributed by atoms with Gasteiger partial charge in [0.2, 0.25) is 11.8 Å². The van der Waals surface area contributed by atoms with Crippen molar-refractivity contribution in [3.05, 3.63) is 65.5 Å². The largest absolute Gasteiger partial charge is 0.456 e. The Morgan fingerprint density at radius 2 is 1.57 bits per heavy atom. The highest BCUT2D eigenvalue weighted by atomic mass is 16.5. The molecule has 28 heavy (non-hydrogen) atoms. The van der Waals surface area contributed by atoms with Crippen molar-refractivity contribution in [2.75, 3.05) is 4.90 Å². The zero-order valence-electron chi connectivity index (χ0n) is 15.2. The number of carbonyl (C=O) groups excluding carboxylic acids is 3. The van der Waals surface area contributed by atoms with E-state index >= 15 is 0 Å². The molecule has 0 N–H and O–H groups in total. The van der Waals surface area contributed by atoms with Crippen LogP contribution in [0.5, 0.6) is 0 Å². The van der Waals surface area contributed by atoms with Crippen molar-refractivity contribution in [3.63, 3.8) is 0 Å². The molecule has 0 spiro atoms. The van der Waals surface area contributed by atoms with E-state index < -0.39 is 5.97 Å². The molecule has 4 rings (SSSR count). The summed E-state index contributed by atoms with van der Waals surface area (Å²) in [6.07, 6.45) is 0.434. The quantitative estimate of drug-likeness (QED) is 0.514. The third-order valence-electron chi connectivity index (χ3n) is 4.60. The maximum Gasteiger partial charge on any atom is 0.338 e. The molecule has 0 bridgehead atoms. The van der Waals surface area contributed by atoms with Crippen molar-refractivity contribution in [2.24, 2.45) is 0 Å². The number of hydrogen-bond donors (Lipinski definition) is 0. The summed E-state index contributed by atoms with van der Waals surface area (Å²) in [5.41, 5.74) is 3.61. The van der Waals surface area contributed by atoms with Crippen LogP contribution < -0.4 is 4.90 Å². The first-order valence-corrected chi connectivity index (χ1v) is 8.88. The lowest BCUT2D eigenvalue weighted by Gasteiger charge is -2.14. The van der Waals surface area contributed by atoms with Crippen LogP contribution in [0.25, 0.3) is 11.0 Å². The van der Waals surface area contributed by atoms with Crippen molar-refractivity contribution < 1.29 is 19.1 Å². The van der Waals surface area contributed by atoms with Gasteiger partial charge in [0.05, 0.1) is 33.7 Å². The molecule has 2 amide bonds. The van der Waals surface area contributed by atoms with Crippen LogP contribution in [0, 0.1) is 6.92 Å². The molecule has 1 aromatic heterocycles. The number of para-hydroxylation sites is 2. The number of nitrogens with zero attached hydrogens (tertiary/aromatic N) is 3. The van der Waals surface area contributed by atoms with Crippen molar-refractivity contribution in [1.29, 1.82) is 0 Å². The van der Waals surface area contributed by atoms with Gasteiger partial charge in [0.15, 0.2) is 0 Å². The Hall–Kier alpha value is -3.61. The Labute approximate surface area is 161 Å². The van der Waals surface area contributed by atoms with Gasteiger partial charge in [0.25, 0.3) is 0 Å². The molecule has 1 fully saturated rings. The second-order valence-corrected chi connectivity index (χ2v) is 6.49. The Bertz CT molecular complexity index is 1080. The highest BCUT2D eigenvalue weighted by molar-refractivity contribution is 6.19. The second-order valence-electron chi connectivity index (χ2n) is 6.49. The molecule has 0 unspecified atom stereocenters. The van der Waals surface area contributed by atoms with Crippen LogP contribution in [0.1, 0.15) is 34.6 Å². The summed E-state index contributed by atoms with van der Waals surface area (Å²) in [5.74, 6) is -0.976. The molecule has 2 aromatic carbocycles. The minimum Gasteiger partial charge on any atom is -0.456 e. The maximum atomic E-state index is 12.3. The first-order chi connectivity index (χ1) is 13.5. The van der Waals surface area contributed by atoms with Gasteiger partial charge in [-0.3, -0.25) is 14.5 Å². The normalized spacial score (nSPS) is 14.0. The molecule has 3 aromatic rings. The Morgan fingerprint density at radius 3 is 2.21 bits per heavy atom. The maximum absolute atomic E-state index is 12.3. The first-order valence-electron chi connectivity index (χ1n) is 8.88. The standard InChI is InChI=1S/C21H17N3O4/c1-13-18(23-17-5-3-2-4-16(17)22-13)12-28-21(27)14-6-8-15(9-7-14)24-19(25)10-11-20(24)26/h2-9H,10-12H2,1H3. The fourth-order valence-electron chi connectivity index (χ4n) is 3.09. The number of rotatable bonds is 4. The minimum absolute atomic E-state index is 0.00729. The summed E-state index contributed by atoms with van der Waals surface area (Å²) in [7, 11) is 0. The summed E-state index contributed by atoms with van der Waals surface area (Å²) < 4.78 is 5.36. The predicted octanol–water partition coefficient (Wildman–Crippen LogP) is 2.95. The van der Waals surface area contributed by atoms with Crippen molar-refractivity contribution >= 4 is 34.5 Å². The van der Waals surface area contributed by atoms with Crippen LogP contribution in [-0.2, 0) is 20.9 Å². The zero-order chi connectivity index (χ0) is 19.7. The van der Waals surface area contributed by atoms with Gasteiger partial charge in [-0.15, -0.1) is 0 Å². The van der Waals surface area contributed by atoms with Crippen LogP contribution >= 0.6 is 0 Å². The highest BCUT2D eigenvalue weighted by Gasteiger charge is 2.30. The number of aryl methyl sites for hydroxylation is 1. The monoisotopic (exact) mass is 375 g/mol. The molecule has 1 aliphatic heterocycles. The van der Waals surface area contributed by atoms with Crippen molar-refractivity contribution in [1.82, 2.24) is 9.97 Å². The number of fused-ring (bicyclic) bond motifs is 1. The van der Waals surface area contributed by atoms with Crippen LogP contribution in [0.2, 0.25) is 0 Å². The molecule has 2 heterocycles. The lowest BCUT2D eigenvalue weighted by molar-refractivity contribution is -0.121. The van der Waals surface area contributed by atoms with Crippen molar-refractivity contribution in [2.45, 2.75) is 26.4 Å². The number of benzene rings is 2. The van der Waals surface area contributed by atoms with E-state index in [1.165, 1.54) is 12.1 Å². The predicted molar refractivity (Wildman–Crippen MR) is 102 cm³/mol. The highest BCUT2D eigenvalue weighted by Crippen LogP contribution is 2.23. The van der Waals surface area contributed by atoms with E-state index in [2.05, 4.69) is 9.97 Å². The number of amides is 2. The van der Waals surface area contributed by atoms with Gasteiger partial charge < -0.3 is 4.74 Å². The van der Waals surface area contributed by atoms with E-state index in [0.29, 0.717) is 22.6 Å². The summed E-state index contributed by atoms with van der Waals surface area (Å²) in [5, 5.41) is 0. The molecule has 140 valence electrons. The number of aromatic nitrogens is 2. The number of ether oxygens (including phenoxy) is 1. The average Bonchev–Trinajstić information content (AvgIpc) is 3.04. The first kappa shape index (κ1) is 17.8. The number of esters is 1. The lowest BCUT2D eigenvalue weighted by Crippen LogP contribution is -2.28. The van der Waals surface area contributed by atoms with E-state index in [-0.39, 0.29) is 31.3 Å². The summed E-state index contributed by atoms with van der Waals surface area (Å²) in [6, 6.07) is 13.7. The number of anilines is 1. The Kier molecular flexibility index (Phi) is 4.57. The van der Waals surface area contributed by atoms with Gasteiger partial charge in [-0.25, -0.2) is 14.8 Å². The van der Waals surface area contributed by atoms with E-state index in [1.54, 1.807) is 12.1 Å². The molecular formula is C21H17N3O4. The Morgan fingerprint density at radius 1 is 0.964 bits per heavy atom. The van der Waals surface area contributed by atoms with E-state index in [1.807, 2.05) is 31.2 Å². The van der Waals surface area contributed by atoms with E-state index in [4.69, 9.17) is 4.74 Å². The molecule has 7 heteroatoms.